The third-order valence-electron chi connectivity index (χ3n) is 3.41. The van der Waals surface area contributed by atoms with Gasteiger partial charge in [-0.2, -0.15) is 9.98 Å². The number of guanidine groups is 1. The molecule has 1 saturated heterocycles. The van der Waals surface area contributed by atoms with Gasteiger partial charge >= 0.3 is 6.01 Å². The molecule has 1 aliphatic rings. The van der Waals surface area contributed by atoms with Crippen LogP contribution in [0, 0.1) is 0 Å². The minimum Gasteiger partial charge on any atom is -0.369 e. The van der Waals surface area contributed by atoms with Gasteiger partial charge in [-0.15, -0.1) is 0 Å². The molecule has 110 valence electrons. The van der Waals surface area contributed by atoms with Crippen LogP contribution in [-0.4, -0.2) is 34.1 Å². The predicted molar refractivity (Wildman–Crippen MR) is 81.5 cm³/mol. The van der Waals surface area contributed by atoms with E-state index < -0.39 is 0 Å². The number of aromatic nitrogens is 2. The molecule has 2 aromatic rings. The summed E-state index contributed by atoms with van der Waals surface area (Å²) in [5.41, 5.74) is 6.80. The van der Waals surface area contributed by atoms with Gasteiger partial charge in [0, 0.05) is 23.7 Å². The lowest BCUT2D eigenvalue weighted by Gasteiger charge is -2.26. The Morgan fingerprint density at radius 1 is 1.19 bits per heavy atom. The first-order valence-electron chi connectivity index (χ1n) is 6.91. The summed E-state index contributed by atoms with van der Waals surface area (Å²) in [7, 11) is 0. The molecule has 6 nitrogen and oxygen atoms in total. The van der Waals surface area contributed by atoms with Crippen molar-refractivity contribution in [1.29, 1.82) is 0 Å². The summed E-state index contributed by atoms with van der Waals surface area (Å²) in [5, 5.41) is 4.57. The second kappa shape index (κ2) is 6.13. The molecule has 0 aliphatic carbocycles. The lowest BCUT2D eigenvalue weighted by molar-refractivity contribution is 0.337. The zero-order valence-electron chi connectivity index (χ0n) is 11.5. The number of aliphatic imine (C=N–C) groups is 1. The number of hydrogen-bond donors (Lipinski definition) is 1. The second-order valence-electron chi connectivity index (χ2n) is 4.93. The molecule has 7 heteroatoms. The Morgan fingerprint density at radius 3 is 2.62 bits per heavy atom. The Hall–Kier alpha value is -2.08. The number of piperidine rings is 1. The van der Waals surface area contributed by atoms with E-state index in [1.165, 1.54) is 6.42 Å². The fourth-order valence-electron chi connectivity index (χ4n) is 2.27. The molecule has 0 amide bonds. The van der Waals surface area contributed by atoms with Crippen molar-refractivity contribution >= 4 is 23.6 Å². The van der Waals surface area contributed by atoms with E-state index in [9.17, 15) is 0 Å². The summed E-state index contributed by atoms with van der Waals surface area (Å²) >= 11 is 5.85. The monoisotopic (exact) mass is 305 g/mol. The van der Waals surface area contributed by atoms with Crippen molar-refractivity contribution in [1.82, 2.24) is 15.0 Å². The van der Waals surface area contributed by atoms with Gasteiger partial charge in [0.15, 0.2) is 0 Å². The number of halogens is 1. The fraction of sp³-hybridized carbons (Fsp3) is 0.357. The van der Waals surface area contributed by atoms with E-state index in [1.54, 1.807) is 12.1 Å². The SMILES string of the molecule is N/C(=N/c1nc(-c2ccc(Cl)cc2)no1)N1CCCCC1. The Morgan fingerprint density at radius 2 is 1.90 bits per heavy atom. The average molecular weight is 306 g/mol. The van der Waals surface area contributed by atoms with Crippen LogP contribution in [0.5, 0.6) is 0 Å². The van der Waals surface area contributed by atoms with E-state index in [0.29, 0.717) is 16.8 Å². The molecule has 0 spiro atoms. The van der Waals surface area contributed by atoms with Crippen molar-refractivity contribution in [3.63, 3.8) is 0 Å². The predicted octanol–water partition coefficient (Wildman–Crippen LogP) is 2.82. The smallest absolute Gasteiger partial charge is 0.351 e. The summed E-state index contributed by atoms with van der Waals surface area (Å²) in [6.07, 6.45) is 3.51. The summed E-state index contributed by atoms with van der Waals surface area (Å²) in [6.45, 7) is 1.85. The lowest BCUT2D eigenvalue weighted by Crippen LogP contribution is -2.40. The van der Waals surface area contributed by atoms with Crippen LogP contribution in [0.4, 0.5) is 6.01 Å². The van der Waals surface area contributed by atoms with Gasteiger partial charge in [-0.05, 0) is 43.5 Å². The molecule has 2 heterocycles. The zero-order valence-corrected chi connectivity index (χ0v) is 12.3. The molecule has 21 heavy (non-hydrogen) atoms. The van der Waals surface area contributed by atoms with Gasteiger partial charge in [0.1, 0.15) is 0 Å². The largest absolute Gasteiger partial charge is 0.369 e. The van der Waals surface area contributed by atoms with E-state index in [1.807, 2.05) is 17.0 Å². The zero-order chi connectivity index (χ0) is 14.7. The maximum absolute atomic E-state index is 5.98. The molecule has 1 fully saturated rings. The molecule has 0 bridgehead atoms. The van der Waals surface area contributed by atoms with Gasteiger partial charge in [0.05, 0.1) is 0 Å². The van der Waals surface area contributed by atoms with Crippen molar-refractivity contribution in [3.05, 3.63) is 29.3 Å². The molecule has 1 aliphatic heterocycles. The molecule has 0 saturated carbocycles. The molecule has 1 aromatic carbocycles. The van der Waals surface area contributed by atoms with E-state index in [4.69, 9.17) is 21.9 Å². The third-order valence-corrected chi connectivity index (χ3v) is 3.66. The highest BCUT2D eigenvalue weighted by Gasteiger charge is 2.14. The second-order valence-corrected chi connectivity index (χ2v) is 5.36. The van der Waals surface area contributed by atoms with E-state index in [-0.39, 0.29) is 6.01 Å². The van der Waals surface area contributed by atoms with Crippen molar-refractivity contribution < 1.29 is 4.52 Å². The van der Waals surface area contributed by atoms with Gasteiger partial charge in [0.25, 0.3) is 0 Å². The topological polar surface area (TPSA) is 80.5 Å². The molecule has 3 rings (SSSR count). The van der Waals surface area contributed by atoms with Crippen molar-refractivity contribution in [2.24, 2.45) is 10.7 Å². The van der Waals surface area contributed by atoms with E-state index >= 15 is 0 Å². The van der Waals surface area contributed by atoms with Crippen molar-refractivity contribution in [2.45, 2.75) is 19.3 Å². The lowest BCUT2D eigenvalue weighted by atomic mass is 10.1. The van der Waals surface area contributed by atoms with Gasteiger partial charge in [-0.25, -0.2) is 0 Å². The number of likely N-dealkylation sites (tertiary alicyclic amines) is 1. The fourth-order valence-corrected chi connectivity index (χ4v) is 2.39. The molecule has 2 N–H and O–H groups in total. The Bertz CT molecular complexity index is 631. The quantitative estimate of drug-likeness (QED) is 0.681. The molecular weight excluding hydrogens is 290 g/mol. The van der Waals surface area contributed by atoms with Crippen molar-refractivity contribution in [2.75, 3.05) is 13.1 Å². The van der Waals surface area contributed by atoms with Gasteiger partial charge in [0.2, 0.25) is 11.8 Å². The Labute approximate surface area is 127 Å². The maximum atomic E-state index is 5.98. The maximum Gasteiger partial charge on any atom is 0.351 e. The number of hydrogen-bond acceptors (Lipinski definition) is 4. The summed E-state index contributed by atoms with van der Waals surface area (Å²) in [6, 6.07) is 7.38. The molecule has 0 radical (unpaired) electrons. The number of benzene rings is 1. The van der Waals surface area contributed by atoms with Gasteiger partial charge in [-0.1, -0.05) is 16.8 Å². The third kappa shape index (κ3) is 3.33. The molecule has 0 atom stereocenters. The van der Waals surface area contributed by atoms with Gasteiger partial charge < -0.3 is 15.2 Å². The normalized spacial score (nSPS) is 16.2. The number of rotatable bonds is 2. The molecule has 1 aromatic heterocycles. The Kier molecular flexibility index (Phi) is 4.06. The number of nitrogens with two attached hydrogens (primary N) is 1. The highest BCUT2D eigenvalue weighted by atomic mass is 35.5. The summed E-state index contributed by atoms with van der Waals surface area (Å²) in [5.74, 6) is 0.901. The minimum atomic E-state index is 0.169. The van der Waals surface area contributed by atoms with Crippen LogP contribution in [0.1, 0.15) is 19.3 Å². The highest BCUT2D eigenvalue weighted by molar-refractivity contribution is 6.30. The first-order chi connectivity index (χ1) is 10.2. The first-order valence-corrected chi connectivity index (χ1v) is 7.29. The van der Waals surface area contributed by atoms with Crippen LogP contribution in [0.25, 0.3) is 11.4 Å². The van der Waals surface area contributed by atoms with Crippen LogP contribution in [0.15, 0.2) is 33.8 Å². The number of nitrogens with zero attached hydrogens (tertiary/aromatic N) is 4. The standard InChI is InChI=1S/C14H16ClN5O/c15-11-6-4-10(5-7-11)12-17-14(21-19-12)18-13(16)20-8-2-1-3-9-20/h4-7H,1-3,8-9H2,(H2,16,17,18,19). The van der Waals surface area contributed by atoms with Crippen LogP contribution >= 0.6 is 11.6 Å². The van der Waals surface area contributed by atoms with E-state index in [0.717, 1.165) is 31.5 Å². The van der Waals surface area contributed by atoms with Crippen LogP contribution < -0.4 is 5.73 Å². The van der Waals surface area contributed by atoms with Gasteiger partial charge in [-0.3, -0.25) is 0 Å². The summed E-state index contributed by atoms with van der Waals surface area (Å²) in [4.78, 5) is 10.5. The molecule has 0 unspecified atom stereocenters. The van der Waals surface area contributed by atoms with Crippen molar-refractivity contribution in [3.8, 4) is 11.4 Å². The average Bonchev–Trinajstić information content (AvgIpc) is 2.97. The minimum absolute atomic E-state index is 0.169. The van der Waals surface area contributed by atoms with Crippen LogP contribution in [0.2, 0.25) is 5.02 Å². The van der Waals surface area contributed by atoms with Crippen LogP contribution in [0.3, 0.4) is 0 Å². The summed E-state index contributed by atoms with van der Waals surface area (Å²) < 4.78 is 5.12. The first kappa shape index (κ1) is 13.9. The Balaban J connectivity index is 1.76. The highest BCUT2D eigenvalue weighted by Crippen LogP contribution is 2.21. The molecular formula is C14H16ClN5O. The van der Waals surface area contributed by atoms with Crippen LogP contribution in [-0.2, 0) is 0 Å². The van der Waals surface area contributed by atoms with E-state index in [2.05, 4.69) is 15.1 Å².